The van der Waals surface area contributed by atoms with Crippen LogP contribution in [0.15, 0.2) is 0 Å². The van der Waals surface area contributed by atoms with E-state index in [4.69, 9.17) is 4.74 Å². The molecule has 16 heavy (non-hydrogen) atoms. The molecule has 3 unspecified atom stereocenters. The summed E-state index contributed by atoms with van der Waals surface area (Å²) in [7, 11) is 1.95. The number of carbonyl (C=O) groups is 1. The Morgan fingerprint density at radius 3 is 3.06 bits per heavy atom. The van der Waals surface area contributed by atoms with Crippen molar-refractivity contribution in [3.8, 4) is 0 Å². The summed E-state index contributed by atoms with van der Waals surface area (Å²) in [5, 5.41) is 3.17. The van der Waals surface area contributed by atoms with Crippen molar-refractivity contribution < 1.29 is 9.53 Å². The number of amides is 1. The molecule has 1 aliphatic heterocycles. The SMILES string of the molecule is CCOC1CC1C(=O)N1CCCC1CNC. The van der Waals surface area contributed by atoms with Gasteiger partial charge in [0, 0.05) is 25.7 Å². The molecule has 4 heteroatoms. The molecular weight excluding hydrogens is 204 g/mol. The highest BCUT2D eigenvalue weighted by atomic mass is 16.5. The van der Waals surface area contributed by atoms with Gasteiger partial charge in [-0.25, -0.2) is 0 Å². The Kier molecular flexibility index (Phi) is 3.82. The van der Waals surface area contributed by atoms with Crippen LogP contribution in [0.2, 0.25) is 0 Å². The molecule has 0 aromatic heterocycles. The average Bonchev–Trinajstić information content (AvgIpc) is 2.88. The number of ether oxygens (including phenoxy) is 1. The molecule has 1 amide bonds. The molecule has 2 aliphatic rings. The van der Waals surface area contributed by atoms with Gasteiger partial charge in [0.25, 0.3) is 0 Å². The number of likely N-dealkylation sites (tertiary alicyclic amines) is 1. The topological polar surface area (TPSA) is 41.6 Å². The van der Waals surface area contributed by atoms with Crippen molar-refractivity contribution in [1.29, 1.82) is 0 Å². The monoisotopic (exact) mass is 226 g/mol. The summed E-state index contributed by atoms with van der Waals surface area (Å²) in [6.07, 6.45) is 3.41. The fourth-order valence-electron chi connectivity index (χ4n) is 2.62. The zero-order valence-electron chi connectivity index (χ0n) is 10.2. The van der Waals surface area contributed by atoms with Crippen molar-refractivity contribution in [3.63, 3.8) is 0 Å². The van der Waals surface area contributed by atoms with Gasteiger partial charge in [-0.2, -0.15) is 0 Å². The highest BCUT2D eigenvalue weighted by Crippen LogP contribution is 2.37. The summed E-state index contributed by atoms with van der Waals surface area (Å²) in [4.78, 5) is 14.3. The second kappa shape index (κ2) is 5.15. The number of carbonyl (C=O) groups excluding carboxylic acids is 1. The lowest BCUT2D eigenvalue weighted by Gasteiger charge is -2.24. The van der Waals surface area contributed by atoms with Gasteiger partial charge >= 0.3 is 0 Å². The van der Waals surface area contributed by atoms with Crippen molar-refractivity contribution in [2.75, 3.05) is 26.7 Å². The van der Waals surface area contributed by atoms with Crippen molar-refractivity contribution >= 4 is 5.91 Å². The predicted octanol–water partition coefficient (Wildman–Crippen LogP) is 0.622. The van der Waals surface area contributed by atoms with Gasteiger partial charge in [-0.05, 0) is 33.2 Å². The molecule has 0 aromatic carbocycles. The maximum atomic E-state index is 12.2. The van der Waals surface area contributed by atoms with Crippen LogP contribution in [-0.2, 0) is 9.53 Å². The third kappa shape index (κ3) is 2.38. The van der Waals surface area contributed by atoms with Crippen LogP contribution >= 0.6 is 0 Å². The minimum Gasteiger partial charge on any atom is -0.378 e. The van der Waals surface area contributed by atoms with Crippen LogP contribution in [0.3, 0.4) is 0 Å². The summed E-state index contributed by atoms with van der Waals surface area (Å²) in [5.74, 6) is 0.466. The second-order valence-electron chi connectivity index (χ2n) is 4.72. The molecule has 2 fully saturated rings. The fourth-order valence-corrected chi connectivity index (χ4v) is 2.62. The lowest BCUT2D eigenvalue weighted by atomic mass is 10.2. The minimum absolute atomic E-state index is 0.150. The number of likely N-dealkylation sites (N-methyl/N-ethyl adjacent to an activating group) is 1. The van der Waals surface area contributed by atoms with Crippen molar-refractivity contribution in [2.45, 2.75) is 38.3 Å². The molecule has 1 saturated heterocycles. The van der Waals surface area contributed by atoms with Gasteiger partial charge in [-0.1, -0.05) is 0 Å². The summed E-state index contributed by atoms with van der Waals surface area (Å²) in [6, 6.07) is 0.403. The lowest BCUT2D eigenvalue weighted by Crippen LogP contribution is -2.42. The first-order valence-electron chi connectivity index (χ1n) is 6.34. The van der Waals surface area contributed by atoms with E-state index in [2.05, 4.69) is 10.2 Å². The highest BCUT2D eigenvalue weighted by molar-refractivity contribution is 5.82. The van der Waals surface area contributed by atoms with Gasteiger partial charge in [-0.3, -0.25) is 4.79 Å². The summed E-state index contributed by atoms with van der Waals surface area (Å²) in [6.45, 7) is 4.55. The molecular formula is C12H22N2O2. The smallest absolute Gasteiger partial charge is 0.228 e. The predicted molar refractivity (Wildman–Crippen MR) is 62.2 cm³/mol. The van der Waals surface area contributed by atoms with Crippen LogP contribution in [0.1, 0.15) is 26.2 Å². The molecule has 4 nitrogen and oxygen atoms in total. The van der Waals surface area contributed by atoms with Crippen molar-refractivity contribution in [3.05, 3.63) is 0 Å². The van der Waals surface area contributed by atoms with E-state index >= 15 is 0 Å². The molecule has 0 aromatic rings. The number of hydrogen-bond acceptors (Lipinski definition) is 3. The highest BCUT2D eigenvalue weighted by Gasteiger charge is 2.47. The first-order valence-corrected chi connectivity index (χ1v) is 6.34. The Morgan fingerprint density at radius 2 is 2.38 bits per heavy atom. The summed E-state index contributed by atoms with van der Waals surface area (Å²) >= 11 is 0. The minimum atomic E-state index is 0.150. The number of nitrogens with zero attached hydrogens (tertiary/aromatic N) is 1. The first kappa shape index (κ1) is 11.9. The molecule has 1 saturated carbocycles. The van der Waals surface area contributed by atoms with Gasteiger partial charge in [-0.15, -0.1) is 0 Å². The molecule has 92 valence electrons. The Balaban J connectivity index is 1.85. The van der Waals surface area contributed by atoms with Crippen LogP contribution < -0.4 is 5.32 Å². The Morgan fingerprint density at radius 1 is 1.56 bits per heavy atom. The van der Waals surface area contributed by atoms with E-state index in [1.54, 1.807) is 0 Å². The largest absolute Gasteiger partial charge is 0.378 e. The van der Waals surface area contributed by atoms with Gasteiger partial charge in [0.05, 0.1) is 12.0 Å². The van der Waals surface area contributed by atoms with E-state index in [1.165, 1.54) is 0 Å². The van der Waals surface area contributed by atoms with Crippen LogP contribution in [0, 0.1) is 5.92 Å². The van der Waals surface area contributed by atoms with E-state index < -0.39 is 0 Å². The Bertz CT molecular complexity index is 257. The Labute approximate surface area is 97.3 Å². The van der Waals surface area contributed by atoms with Crippen molar-refractivity contribution in [2.24, 2.45) is 5.92 Å². The zero-order chi connectivity index (χ0) is 11.5. The molecule has 2 rings (SSSR count). The van der Waals surface area contributed by atoms with Crippen LogP contribution in [0.25, 0.3) is 0 Å². The lowest BCUT2D eigenvalue weighted by molar-refractivity contribution is -0.134. The Hall–Kier alpha value is -0.610. The summed E-state index contributed by atoms with van der Waals surface area (Å²) < 4.78 is 5.48. The molecule has 1 N–H and O–H groups in total. The molecule has 1 aliphatic carbocycles. The average molecular weight is 226 g/mol. The maximum absolute atomic E-state index is 12.2. The first-order chi connectivity index (χ1) is 7.77. The van der Waals surface area contributed by atoms with Gasteiger partial charge in [0.1, 0.15) is 0 Å². The van der Waals surface area contributed by atoms with E-state index in [0.29, 0.717) is 18.6 Å². The normalized spacial score (nSPS) is 33.1. The molecule has 0 spiro atoms. The molecule has 0 bridgehead atoms. The number of hydrogen-bond donors (Lipinski definition) is 1. The van der Waals surface area contributed by atoms with Gasteiger partial charge in [0.2, 0.25) is 5.91 Å². The fraction of sp³-hybridized carbons (Fsp3) is 0.917. The van der Waals surface area contributed by atoms with E-state index in [-0.39, 0.29) is 12.0 Å². The maximum Gasteiger partial charge on any atom is 0.228 e. The standard InChI is InChI=1S/C12H22N2O2/c1-3-16-11-7-10(11)12(15)14-6-4-5-9(14)8-13-2/h9-11,13H,3-8H2,1-2H3. The number of nitrogens with one attached hydrogen (secondary N) is 1. The third-order valence-corrected chi connectivity index (χ3v) is 3.53. The summed E-state index contributed by atoms with van der Waals surface area (Å²) in [5.41, 5.74) is 0. The van der Waals surface area contributed by atoms with Gasteiger partial charge < -0.3 is 15.0 Å². The second-order valence-corrected chi connectivity index (χ2v) is 4.72. The zero-order valence-corrected chi connectivity index (χ0v) is 10.2. The van der Waals surface area contributed by atoms with E-state index in [1.807, 2.05) is 14.0 Å². The van der Waals surface area contributed by atoms with Crippen LogP contribution in [-0.4, -0.2) is 49.7 Å². The van der Waals surface area contributed by atoms with Crippen molar-refractivity contribution in [1.82, 2.24) is 10.2 Å². The van der Waals surface area contributed by atoms with E-state index in [0.717, 1.165) is 32.4 Å². The number of rotatable bonds is 5. The molecule has 1 heterocycles. The molecule has 3 atom stereocenters. The quantitative estimate of drug-likeness (QED) is 0.747. The third-order valence-electron chi connectivity index (χ3n) is 3.53. The van der Waals surface area contributed by atoms with Crippen LogP contribution in [0.4, 0.5) is 0 Å². The van der Waals surface area contributed by atoms with E-state index in [9.17, 15) is 4.79 Å². The van der Waals surface area contributed by atoms with Crippen LogP contribution in [0.5, 0.6) is 0 Å². The van der Waals surface area contributed by atoms with Gasteiger partial charge in [0.15, 0.2) is 0 Å². The molecule has 0 radical (unpaired) electrons.